The summed E-state index contributed by atoms with van der Waals surface area (Å²) in [7, 11) is 0. The number of aromatic hydroxyl groups is 1. The first kappa shape index (κ1) is 24.4. The number of nitrogens with zero attached hydrogens (tertiary/aromatic N) is 1. The van der Waals surface area contributed by atoms with Gasteiger partial charge in [0.2, 0.25) is 6.79 Å². The Labute approximate surface area is 218 Å². The van der Waals surface area contributed by atoms with E-state index in [4.69, 9.17) is 25.8 Å². The zero-order valence-corrected chi connectivity index (χ0v) is 20.5. The van der Waals surface area contributed by atoms with Gasteiger partial charge >= 0.3 is 0 Å². The maximum absolute atomic E-state index is 12.3. The fourth-order valence-corrected chi connectivity index (χ4v) is 4.10. The van der Waals surface area contributed by atoms with E-state index in [-0.39, 0.29) is 17.6 Å². The van der Waals surface area contributed by atoms with Gasteiger partial charge in [0, 0.05) is 29.6 Å². The van der Waals surface area contributed by atoms with Crippen molar-refractivity contribution in [1.29, 1.82) is 0 Å². The second-order valence-electron chi connectivity index (χ2n) is 8.28. The van der Waals surface area contributed by atoms with Gasteiger partial charge in [0.15, 0.2) is 11.5 Å². The third kappa shape index (κ3) is 5.77. The van der Waals surface area contributed by atoms with Gasteiger partial charge in [-0.2, -0.15) is 5.10 Å². The van der Waals surface area contributed by atoms with E-state index in [0.717, 1.165) is 39.1 Å². The van der Waals surface area contributed by atoms with E-state index in [1.165, 1.54) is 18.2 Å². The highest BCUT2D eigenvalue weighted by Gasteiger charge is 2.13. The number of hydrogen-bond donors (Lipinski definition) is 3. The molecule has 4 aromatic carbocycles. The van der Waals surface area contributed by atoms with Crippen molar-refractivity contribution in [3.63, 3.8) is 0 Å². The first-order valence-corrected chi connectivity index (χ1v) is 12.0. The Morgan fingerprint density at radius 1 is 1.03 bits per heavy atom. The van der Waals surface area contributed by atoms with Crippen molar-refractivity contribution in [2.75, 3.05) is 19.9 Å². The van der Waals surface area contributed by atoms with Crippen LogP contribution < -0.4 is 25.0 Å². The molecule has 0 bridgehead atoms. The summed E-state index contributed by atoms with van der Waals surface area (Å²) in [6.45, 7) is 2.12. The van der Waals surface area contributed by atoms with Crippen LogP contribution in [-0.2, 0) is 6.54 Å². The van der Waals surface area contributed by atoms with E-state index >= 15 is 0 Å². The van der Waals surface area contributed by atoms with Crippen molar-refractivity contribution in [1.82, 2.24) is 10.7 Å². The van der Waals surface area contributed by atoms with Crippen LogP contribution in [0.4, 0.5) is 0 Å². The molecule has 1 amide bonds. The summed E-state index contributed by atoms with van der Waals surface area (Å²) in [5, 5.41) is 19.0. The van der Waals surface area contributed by atoms with E-state index in [0.29, 0.717) is 25.3 Å². The zero-order chi connectivity index (χ0) is 25.6. The molecule has 0 saturated heterocycles. The quantitative estimate of drug-likeness (QED) is 0.166. The standard InChI is InChI=1S/C28H24ClN3O5/c29-23-14-19(6-8-24(23)33)28(34)32-31-16-20-7-10-25(22-4-2-1-3-21(20)22)35-12-11-30-15-18-5-9-26-27(13-18)37-17-36-26/h1-10,13-14,16,30,33H,11-12,15,17H2,(H,32,34). The average Bonchev–Trinajstić information content (AvgIpc) is 3.39. The van der Waals surface area contributed by atoms with Crippen molar-refractivity contribution >= 4 is 34.5 Å². The Kier molecular flexibility index (Phi) is 7.39. The van der Waals surface area contributed by atoms with Crippen molar-refractivity contribution in [2.45, 2.75) is 6.54 Å². The number of hydrazone groups is 1. The minimum Gasteiger partial charge on any atom is -0.506 e. The lowest BCUT2D eigenvalue weighted by Crippen LogP contribution is -2.20. The molecule has 37 heavy (non-hydrogen) atoms. The van der Waals surface area contributed by atoms with Crippen LogP contribution in [0.3, 0.4) is 0 Å². The lowest BCUT2D eigenvalue weighted by molar-refractivity contribution is 0.0955. The number of phenols is 1. The van der Waals surface area contributed by atoms with E-state index in [9.17, 15) is 9.90 Å². The summed E-state index contributed by atoms with van der Waals surface area (Å²) in [6.07, 6.45) is 1.58. The van der Waals surface area contributed by atoms with E-state index < -0.39 is 5.91 Å². The molecule has 0 fully saturated rings. The molecule has 8 nitrogen and oxygen atoms in total. The normalized spacial score (nSPS) is 12.2. The minimum absolute atomic E-state index is 0.0871. The lowest BCUT2D eigenvalue weighted by Gasteiger charge is -2.12. The number of halogens is 1. The second-order valence-corrected chi connectivity index (χ2v) is 8.68. The van der Waals surface area contributed by atoms with Gasteiger partial charge in [-0.1, -0.05) is 41.9 Å². The largest absolute Gasteiger partial charge is 0.506 e. The number of carbonyl (C=O) groups is 1. The van der Waals surface area contributed by atoms with Crippen LogP contribution in [0.15, 0.2) is 77.9 Å². The molecule has 0 unspecified atom stereocenters. The van der Waals surface area contributed by atoms with Crippen LogP contribution in [-0.4, -0.2) is 37.2 Å². The van der Waals surface area contributed by atoms with Crippen LogP contribution in [0, 0.1) is 0 Å². The number of nitrogens with one attached hydrogen (secondary N) is 2. The predicted octanol–water partition coefficient (Wildman–Crippen LogP) is 4.86. The van der Waals surface area contributed by atoms with Crippen LogP contribution in [0.1, 0.15) is 21.5 Å². The smallest absolute Gasteiger partial charge is 0.271 e. The van der Waals surface area contributed by atoms with Crippen molar-refractivity contribution < 1.29 is 24.1 Å². The number of benzene rings is 4. The minimum atomic E-state index is -0.435. The summed E-state index contributed by atoms with van der Waals surface area (Å²) >= 11 is 5.88. The maximum atomic E-state index is 12.3. The number of rotatable bonds is 9. The van der Waals surface area contributed by atoms with Gasteiger partial charge in [-0.15, -0.1) is 0 Å². The highest BCUT2D eigenvalue weighted by Crippen LogP contribution is 2.32. The highest BCUT2D eigenvalue weighted by atomic mass is 35.5. The van der Waals surface area contributed by atoms with Crippen LogP contribution in [0.2, 0.25) is 5.02 Å². The lowest BCUT2D eigenvalue weighted by atomic mass is 10.0. The molecular formula is C28H24ClN3O5. The van der Waals surface area contributed by atoms with E-state index in [1.807, 2.05) is 54.6 Å². The Morgan fingerprint density at radius 3 is 2.73 bits per heavy atom. The molecule has 1 aliphatic rings. The Balaban J connectivity index is 1.17. The molecule has 5 rings (SSSR count). The van der Waals surface area contributed by atoms with Crippen LogP contribution >= 0.6 is 11.6 Å². The third-order valence-corrected chi connectivity index (χ3v) is 6.10. The highest BCUT2D eigenvalue weighted by molar-refractivity contribution is 6.32. The van der Waals surface area contributed by atoms with Crippen molar-refractivity contribution in [3.8, 4) is 23.0 Å². The molecule has 0 aliphatic carbocycles. The molecule has 3 N–H and O–H groups in total. The zero-order valence-electron chi connectivity index (χ0n) is 19.7. The predicted molar refractivity (Wildman–Crippen MR) is 142 cm³/mol. The van der Waals surface area contributed by atoms with Crippen molar-refractivity contribution in [2.24, 2.45) is 5.10 Å². The summed E-state index contributed by atoms with van der Waals surface area (Å²) in [6, 6.07) is 21.8. The first-order chi connectivity index (χ1) is 18.1. The van der Waals surface area contributed by atoms with Crippen LogP contribution in [0.25, 0.3) is 10.8 Å². The molecule has 9 heteroatoms. The summed E-state index contributed by atoms with van der Waals surface area (Å²) < 4.78 is 16.8. The third-order valence-electron chi connectivity index (χ3n) is 5.80. The molecule has 0 spiro atoms. The van der Waals surface area contributed by atoms with E-state index in [1.54, 1.807) is 6.21 Å². The second kappa shape index (κ2) is 11.2. The average molecular weight is 518 g/mol. The Bertz CT molecular complexity index is 1470. The summed E-state index contributed by atoms with van der Waals surface area (Å²) in [5.74, 6) is 1.79. The van der Waals surface area contributed by atoms with Gasteiger partial charge in [0.1, 0.15) is 18.1 Å². The molecule has 1 heterocycles. The SMILES string of the molecule is O=C(NN=Cc1ccc(OCCNCc2ccc3c(c2)OCO3)c2ccccc12)c1ccc(O)c(Cl)c1. The fourth-order valence-electron chi connectivity index (χ4n) is 3.92. The monoisotopic (exact) mass is 517 g/mol. The molecule has 188 valence electrons. The molecule has 0 radical (unpaired) electrons. The number of hydrogen-bond acceptors (Lipinski definition) is 7. The first-order valence-electron chi connectivity index (χ1n) is 11.6. The number of amides is 1. The molecule has 0 saturated carbocycles. The van der Waals surface area contributed by atoms with Gasteiger partial charge in [-0.05, 0) is 53.4 Å². The number of phenolic OH excluding ortho intramolecular Hbond substituents is 1. The van der Waals surface area contributed by atoms with Gasteiger partial charge < -0.3 is 24.6 Å². The Morgan fingerprint density at radius 2 is 1.86 bits per heavy atom. The van der Waals surface area contributed by atoms with Gasteiger partial charge in [-0.3, -0.25) is 4.79 Å². The topological polar surface area (TPSA) is 101 Å². The van der Waals surface area contributed by atoms with Gasteiger partial charge in [-0.25, -0.2) is 5.43 Å². The number of fused-ring (bicyclic) bond motifs is 2. The molecule has 0 aromatic heterocycles. The molecule has 1 aliphatic heterocycles. The van der Waals surface area contributed by atoms with Gasteiger partial charge in [0.05, 0.1) is 11.2 Å². The molecule has 0 atom stereocenters. The summed E-state index contributed by atoms with van der Waals surface area (Å²) in [5.41, 5.74) is 4.71. The van der Waals surface area contributed by atoms with Crippen LogP contribution in [0.5, 0.6) is 23.0 Å². The van der Waals surface area contributed by atoms with E-state index in [2.05, 4.69) is 15.8 Å². The number of carbonyl (C=O) groups excluding carboxylic acids is 1. The molecular weight excluding hydrogens is 494 g/mol. The maximum Gasteiger partial charge on any atom is 0.271 e. The summed E-state index contributed by atoms with van der Waals surface area (Å²) in [4.78, 5) is 12.3. The Hall–Kier alpha value is -4.27. The van der Waals surface area contributed by atoms with Crippen molar-refractivity contribution in [3.05, 3.63) is 94.5 Å². The number of ether oxygens (including phenoxy) is 3. The fraction of sp³-hybridized carbons (Fsp3) is 0.143. The van der Waals surface area contributed by atoms with Gasteiger partial charge in [0.25, 0.3) is 5.91 Å². The molecule has 4 aromatic rings.